The first-order chi connectivity index (χ1) is 41.1. The third-order valence-corrected chi connectivity index (χ3v) is 15.7. The van der Waals surface area contributed by atoms with E-state index in [1.54, 1.807) is 0 Å². The zero-order valence-electron chi connectivity index (χ0n) is 45.8. The van der Waals surface area contributed by atoms with Crippen molar-refractivity contribution in [3.05, 3.63) is 322 Å². The van der Waals surface area contributed by atoms with E-state index in [0.717, 1.165) is 123 Å². The zero-order valence-corrected chi connectivity index (χ0v) is 45.8. The number of rotatable bonds is 13. The van der Waals surface area contributed by atoms with E-state index < -0.39 is 0 Å². The van der Waals surface area contributed by atoms with Gasteiger partial charge in [0.1, 0.15) is 11.6 Å². The SMILES string of the molecule is Cc1ccnc(-c2ccc(-c3ccccc3-c3cc(-c4ccccc4-c4ccc(-c5nccn5-c5ccccc5)cc4)cc(-c4ccccc4-c4ccc(-c5nccn5-c5ccccc5)cc4)c3)c(-c3ccc(-c4ccccc4)cc3)c2)c1. The molecule has 0 aliphatic carbocycles. The van der Waals surface area contributed by atoms with Crippen LogP contribution in [-0.2, 0) is 0 Å². The first-order valence-corrected chi connectivity index (χ1v) is 28.1. The number of imidazole rings is 2. The molecule has 0 aliphatic rings. The van der Waals surface area contributed by atoms with E-state index >= 15 is 0 Å². The topological polar surface area (TPSA) is 48.5 Å². The summed E-state index contributed by atoms with van der Waals surface area (Å²) < 4.78 is 4.28. The fraction of sp³-hybridized carbons (Fsp3) is 0.0128. The molecule has 0 atom stereocenters. The first-order valence-electron chi connectivity index (χ1n) is 28.1. The van der Waals surface area contributed by atoms with Crippen molar-refractivity contribution in [3.63, 3.8) is 0 Å². The molecule has 0 unspecified atom stereocenters. The van der Waals surface area contributed by atoms with Crippen molar-refractivity contribution in [3.8, 4) is 134 Å². The number of para-hydroxylation sites is 2. The predicted octanol–water partition coefficient (Wildman–Crippen LogP) is 20.1. The minimum Gasteiger partial charge on any atom is -0.300 e. The molecule has 392 valence electrons. The quantitative estimate of drug-likeness (QED) is 0.116. The van der Waals surface area contributed by atoms with Crippen LogP contribution < -0.4 is 0 Å². The van der Waals surface area contributed by atoms with Crippen LogP contribution in [0.25, 0.3) is 134 Å². The molecule has 0 bridgehead atoms. The fourth-order valence-electron chi connectivity index (χ4n) is 11.6. The standard InChI is InChI=1S/C78H55N5/c1-54-43-44-79-76(49-54)62-41-42-74(75(53-62)59-31-29-56(30-32-59)55-17-5-2-6-18-55)73-28-16-15-27-72(73)65-51-63(70-25-13-11-23-68(70)57-33-37-60(38-34-57)77-80-45-47-82(77)66-19-7-3-8-20-66)50-64(52-65)71-26-14-12-24-69(71)58-35-39-61(40-36-58)78-81-46-48-83(78)67-21-9-4-10-22-67/h2-53H,1H3. The van der Waals surface area contributed by atoms with E-state index in [2.05, 4.69) is 289 Å². The number of nitrogens with zero attached hydrogens (tertiary/aromatic N) is 5. The number of hydrogen-bond acceptors (Lipinski definition) is 3. The average molecular weight is 1060 g/mol. The normalized spacial score (nSPS) is 11.2. The van der Waals surface area contributed by atoms with Crippen LogP contribution in [0.1, 0.15) is 5.56 Å². The van der Waals surface area contributed by atoms with Gasteiger partial charge in [-0.1, -0.05) is 224 Å². The lowest BCUT2D eigenvalue weighted by Crippen LogP contribution is -1.96. The molecule has 5 nitrogen and oxygen atoms in total. The van der Waals surface area contributed by atoms with Crippen LogP contribution in [0.5, 0.6) is 0 Å². The molecular weight excluding hydrogens is 1010 g/mol. The van der Waals surface area contributed by atoms with Gasteiger partial charge in [0.15, 0.2) is 0 Å². The Bertz CT molecular complexity index is 4390. The van der Waals surface area contributed by atoms with Crippen molar-refractivity contribution in [1.29, 1.82) is 0 Å². The second-order valence-corrected chi connectivity index (χ2v) is 20.9. The first kappa shape index (κ1) is 50.2. The molecule has 0 fully saturated rings. The highest BCUT2D eigenvalue weighted by Crippen LogP contribution is 2.45. The Balaban J connectivity index is 0.919. The monoisotopic (exact) mass is 1060 g/mol. The van der Waals surface area contributed by atoms with Gasteiger partial charge >= 0.3 is 0 Å². The third-order valence-electron chi connectivity index (χ3n) is 15.7. The van der Waals surface area contributed by atoms with Crippen LogP contribution >= 0.6 is 0 Å². The Kier molecular flexibility index (Phi) is 13.5. The van der Waals surface area contributed by atoms with Crippen LogP contribution in [0.4, 0.5) is 0 Å². The Labute approximate surface area is 484 Å². The summed E-state index contributed by atoms with van der Waals surface area (Å²) in [7, 11) is 0. The van der Waals surface area contributed by atoms with E-state index in [0.29, 0.717) is 0 Å². The summed E-state index contributed by atoms with van der Waals surface area (Å²) in [6.07, 6.45) is 9.68. The minimum absolute atomic E-state index is 0.896. The summed E-state index contributed by atoms with van der Waals surface area (Å²) in [4.78, 5) is 14.5. The summed E-state index contributed by atoms with van der Waals surface area (Å²) in [6, 6.07) is 103. The molecule has 5 heteroatoms. The van der Waals surface area contributed by atoms with Crippen molar-refractivity contribution < 1.29 is 0 Å². The summed E-state index contributed by atoms with van der Waals surface area (Å²) in [5, 5.41) is 0. The van der Waals surface area contributed by atoms with E-state index in [1.807, 2.05) is 43.1 Å². The van der Waals surface area contributed by atoms with Crippen LogP contribution in [0, 0.1) is 6.92 Å². The number of benzene rings is 11. The molecule has 14 rings (SSSR count). The summed E-state index contributed by atoms with van der Waals surface area (Å²) >= 11 is 0. The van der Waals surface area contributed by atoms with Crippen LogP contribution in [0.3, 0.4) is 0 Å². The number of aryl methyl sites for hydroxylation is 1. The van der Waals surface area contributed by atoms with E-state index in [9.17, 15) is 0 Å². The van der Waals surface area contributed by atoms with Gasteiger partial charge in [0, 0.05) is 59.0 Å². The van der Waals surface area contributed by atoms with Crippen molar-refractivity contribution in [2.75, 3.05) is 0 Å². The highest BCUT2D eigenvalue weighted by molar-refractivity contribution is 5.97. The Hall–Kier alpha value is -11.0. The van der Waals surface area contributed by atoms with Gasteiger partial charge < -0.3 is 0 Å². The van der Waals surface area contributed by atoms with Crippen LogP contribution in [0.2, 0.25) is 0 Å². The molecule has 0 saturated carbocycles. The largest absolute Gasteiger partial charge is 0.300 e. The molecule has 3 aromatic heterocycles. The highest BCUT2D eigenvalue weighted by atomic mass is 15.1. The molecule has 0 radical (unpaired) electrons. The smallest absolute Gasteiger partial charge is 0.144 e. The lowest BCUT2D eigenvalue weighted by atomic mass is 9.84. The summed E-state index contributed by atoms with van der Waals surface area (Å²) in [6.45, 7) is 2.12. The van der Waals surface area contributed by atoms with Crippen molar-refractivity contribution in [1.82, 2.24) is 24.1 Å². The zero-order chi connectivity index (χ0) is 55.5. The molecule has 11 aromatic carbocycles. The van der Waals surface area contributed by atoms with E-state index in [4.69, 9.17) is 15.0 Å². The highest BCUT2D eigenvalue weighted by Gasteiger charge is 2.20. The van der Waals surface area contributed by atoms with Gasteiger partial charge in [-0.3, -0.25) is 14.1 Å². The molecule has 0 N–H and O–H groups in total. The van der Waals surface area contributed by atoms with Gasteiger partial charge in [-0.15, -0.1) is 0 Å². The summed E-state index contributed by atoms with van der Waals surface area (Å²) in [5.41, 5.74) is 25.6. The van der Waals surface area contributed by atoms with Crippen molar-refractivity contribution in [2.24, 2.45) is 0 Å². The summed E-state index contributed by atoms with van der Waals surface area (Å²) in [5.74, 6) is 1.79. The van der Waals surface area contributed by atoms with Crippen molar-refractivity contribution in [2.45, 2.75) is 6.92 Å². The lowest BCUT2D eigenvalue weighted by Gasteiger charge is -2.19. The maximum absolute atomic E-state index is 4.85. The fourth-order valence-corrected chi connectivity index (χ4v) is 11.6. The van der Waals surface area contributed by atoms with Gasteiger partial charge in [0.2, 0.25) is 0 Å². The Morgan fingerprint density at radius 3 is 1.05 bits per heavy atom. The van der Waals surface area contributed by atoms with Crippen LogP contribution in [-0.4, -0.2) is 24.1 Å². The maximum Gasteiger partial charge on any atom is 0.144 e. The molecule has 3 heterocycles. The molecule has 14 aromatic rings. The molecular formula is C78H55N5. The molecule has 0 aliphatic heterocycles. The maximum atomic E-state index is 4.85. The van der Waals surface area contributed by atoms with Gasteiger partial charge in [-0.2, -0.15) is 0 Å². The van der Waals surface area contributed by atoms with Gasteiger partial charge in [0.25, 0.3) is 0 Å². The van der Waals surface area contributed by atoms with Gasteiger partial charge in [-0.25, -0.2) is 9.97 Å². The third kappa shape index (κ3) is 10.1. The lowest BCUT2D eigenvalue weighted by molar-refractivity contribution is 1.07. The molecule has 83 heavy (non-hydrogen) atoms. The number of hydrogen-bond donors (Lipinski definition) is 0. The second-order valence-electron chi connectivity index (χ2n) is 20.9. The average Bonchev–Trinajstić information content (AvgIpc) is 4.30. The van der Waals surface area contributed by atoms with Gasteiger partial charge in [0.05, 0.1) is 5.69 Å². The Morgan fingerprint density at radius 1 is 0.229 bits per heavy atom. The van der Waals surface area contributed by atoms with Crippen LogP contribution in [0.15, 0.2) is 316 Å². The Morgan fingerprint density at radius 2 is 0.578 bits per heavy atom. The predicted molar refractivity (Wildman–Crippen MR) is 343 cm³/mol. The number of aromatic nitrogens is 5. The van der Waals surface area contributed by atoms with Gasteiger partial charge in [-0.05, 0) is 162 Å². The molecule has 0 amide bonds. The van der Waals surface area contributed by atoms with E-state index in [-0.39, 0.29) is 0 Å². The second kappa shape index (κ2) is 22.3. The minimum atomic E-state index is 0.896. The van der Waals surface area contributed by atoms with E-state index in [1.165, 1.54) is 16.7 Å². The number of pyridine rings is 1. The molecule has 0 spiro atoms. The van der Waals surface area contributed by atoms with Crippen molar-refractivity contribution >= 4 is 0 Å². The molecule has 0 saturated heterocycles.